The first kappa shape index (κ1) is 19.3. The molecule has 0 aliphatic carbocycles. The van der Waals surface area contributed by atoms with Gasteiger partial charge in [0.25, 0.3) is 5.91 Å². The van der Waals surface area contributed by atoms with E-state index in [2.05, 4.69) is 15.4 Å². The molecule has 23 heavy (non-hydrogen) atoms. The summed E-state index contributed by atoms with van der Waals surface area (Å²) in [5, 5.41) is 5.12. The molecule has 0 spiro atoms. The zero-order valence-corrected chi connectivity index (χ0v) is 14.0. The zero-order valence-electron chi connectivity index (χ0n) is 14.0. The van der Waals surface area contributed by atoms with Gasteiger partial charge in [0.15, 0.2) is 11.4 Å². The predicted molar refractivity (Wildman–Crippen MR) is 82.6 cm³/mol. The Morgan fingerprint density at radius 2 is 2.04 bits per heavy atom. The molecular formula is C14H26N4O5. The standard InChI is InChI=1S/C14H26N4O5/c1-9(22-3)14(15,17-13(21)23-4)12(20)18-7-5-6-10(18)11(19)8-16-2/h9-10,16H,5-8,15H2,1-4H3,(H,17,21)/t9-,10+,14+/m1/s1. The van der Waals surface area contributed by atoms with Gasteiger partial charge in [-0.15, -0.1) is 0 Å². The number of likely N-dealkylation sites (tertiary alicyclic amines) is 1. The number of nitrogens with two attached hydrogens (primary N) is 1. The smallest absolute Gasteiger partial charge is 0.408 e. The van der Waals surface area contributed by atoms with Crippen LogP contribution in [-0.4, -0.2) is 74.8 Å². The Hall–Kier alpha value is -1.71. The number of rotatable bonds is 7. The molecule has 0 aromatic rings. The summed E-state index contributed by atoms with van der Waals surface area (Å²) in [5.41, 5.74) is 4.32. The average molecular weight is 330 g/mol. The van der Waals surface area contributed by atoms with E-state index in [1.54, 1.807) is 14.0 Å². The van der Waals surface area contributed by atoms with Crippen molar-refractivity contribution in [1.82, 2.24) is 15.5 Å². The van der Waals surface area contributed by atoms with Crippen molar-refractivity contribution >= 4 is 17.8 Å². The number of likely N-dealkylation sites (N-methyl/N-ethyl adjacent to an activating group) is 1. The second-order valence-corrected chi connectivity index (χ2v) is 5.52. The molecule has 9 heteroatoms. The number of Topliss-reactive ketones (excluding diaryl/α,β-unsaturated/α-hetero) is 1. The van der Waals surface area contributed by atoms with Crippen LogP contribution in [0, 0.1) is 0 Å². The van der Waals surface area contributed by atoms with E-state index in [4.69, 9.17) is 10.5 Å². The van der Waals surface area contributed by atoms with Gasteiger partial charge < -0.3 is 19.7 Å². The molecule has 0 unspecified atom stereocenters. The highest BCUT2D eigenvalue weighted by Crippen LogP contribution is 2.22. The number of nitrogens with zero attached hydrogens (tertiary/aromatic N) is 1. The summed E-state index contributed by atoms with van der Waals surface area (Å²) in [4.78, 5) is 38.1. The molecule has 1 aliphatic rings. The van der Waals surface area contributed by atoms with Crippen LogP contribution in [0.1, 0.15) is 19.8 Å². The first-order chi connectivity index (χ1) is 10.8. The van der Waals surface area contributed by atoms with Gasteiger partial charge in [-0.3, -0.25) is 20.6 Å². The van der Waals surface area contributed by atoms with Crippen LogP contribution in [0.25, 0.3) is 0 Å². The maximum absolute atomic E-state index is 12.9. The third-order valence-electron chi connectivity index (χ3n) is 4.08. The van der Waals surface area contributed by atoms with Crippen LogP contribution in [-0.2, 0) is 19.1 Å². The Bertz CT molecular complexity index is 458. The fourth-order valence-corrected chi connectivity index (χ4v) is 2.61. The van der Waals surface area contributed by atoms with Crippen LogP contribution in [0.4, 0.5) is 4.79 Å². The van der Waals surface area contributed by atoms with E-state index in [0.717, 1.165) is 0 Å². The molecule has 1 fully saturated rings. The summed E-state index contributed by atoms with van der Waals surface area (Å²) < 4.78 is 9.68. The lowest BCUT2D eigenvalue weighted by molar-refractivity contribution is -0.147. The third kappa shape index (κ3) is 4.18. The minimum Gasteiger partial charge on any atom is -0.453 e. The van der Waals surface area contributed by atoms with Gasteiger partial charge in [0.1, 0.15) is 6.10 Å². The summed E-state index contributed by atoms with van der Waals surface area (Å²) in [6, 6.07) is -0.554. The molecule has 0 radical (unpaired) electrons. The molecule has 0 aromatic carbocycles. The first-order valence-corrected chi connectivity index (χ1v) is 7.48. The Morgan fingerprint density at radius 1 is 1.39 bits per heavy atom. The van der Waals surface area contributed by atoms with Gasteiger partial charge in [0, 0.05) is 13.7 Å². The number of amides is 2. The van der Waals surface area contributed by atoms with Gasteiger partial charge in [-0.05, 0) is 26.8 Å². The van der Waals surface area contributed by atoms with Crippen LogP contribution in [0.15, 0.2) is 0 Å². The van der Waals surface area contributed by atoms with E-state index in [0.29, 0.717) is 19.4 Å². The normalized spacial score (nSPS) is 21.4. The molecule has 4 N–H and O–H groups in total. The molecule has 132 valence electrons. The second-order valence-electron chi connectivity index (χ2n) is 5.52. The van der Waals surface area contributed by atoms with Gasteiger partial charge in [0.2, 0.25) is 0 Å². The lowest BCUT2D eigenvalue weighted by Gasteiger charge is -2.38. The lowest BCUT2D eigenvalue weighted by Crippen LogP contribution is -2.72. The minimum absolute atomic E-state index is 0.0937. The number of hydrogen-bond donors (Lipinski definition) is 3. The van der Waals surface area contributed by atoms with Gasteiger partial charge in [-0.1, -0.05) is 0 Å². The van der Waals surface area contributed by atoms with Crippen LogP contribution < -0.4 is 16.4 Å². The van der Waals surface area contributed by atoms with Gasteiger partial charge >= 0.3 is 6.09 Å². The summed E-state index contributed by atoms with van der Waals surface area (Å²) in [7, 11) is 4.22. The largest absolute Gasteiger partial charge is 0.453 e. The molecule has 1 saturated heterocycles. The fraction of sp³-hybridized carbons (Fsp3) is 0.786. The molecule has 0 bridgehead atoms. The van der Waals surface area contributed by atoms with Crippen molar-refractivity contribution in [2.45, 2.75) is 37.6 Å². The topological polar surface area (TPSA) is 123 Å². The Morgan fingerprint density at radius 3 is 2.57 bits per heavy atom. The van der Waals surface area contributed by atoms with Crippen LogP contribution in [0.2, 0.25) is 0 Å². The molecule has 9 nitrogen and oxygen atoms in total. The van der Waals surface area contributed by atoms with Crippen molar-refractivity contribution in [3.63, 3.8) is 0 Å². The number of ketones is 1. The van der Waals surface area contributed by atoms with Crippen LogP contribution >= 0.6 is 0 Å². The van der Waals surface area contributed by atoms with Crippen molar-refractivity contribution in [2.75, 3.05) is 34.4 Å². The lowest BCUT2D eigenvalue weighted by atomic mass is 10.0. The monoisotopic (exact) mass is 330 g/mol. The molecule has 0 saturated carbocycles. The summed E-state index contributed by atoms with van der Waals surface area (Å²) in [6.45, 7) is 2.13. The number of carbonyl (C=O) groups is 3. The Kier molecular flexibility index (Phi) is 6.92. The highest BCUT2D eigenvalue weighted by Gasteiger charge is 2.48. The molecule has 1 aliphatic heterocycles. The minimum atomic E-state index is -1.82. The second kappa shape index (κ2) is 8.23. The summed E-state index contributed by atoms with van der Waals surface area (Å²) >= 11 is 0. The number of carbonyl (C=O) groups excluding carboxylic acids is 3. The fourth-order valence-electron chi connectivity index (χ4n) is 2.61. The predicted octanol–water partition coefficient (Wildman–Crippen LogP) is -1.19. The van der Waals surface area contributed by atoms with Crippen LogP contribution in [0.5, 0.6) is 0 Å². The number of alkyl carbamates (subject to hydrolysis) is 1. The van der Waals surface area contributed by atoms with Crippen molar-refractivity contribution in [2.24, 2.45) is 5.73 Å². The molecule has 2 amide bonds. The first-order valence-electron chi connectivity index (χ1n) is 7.48. The van der Waals surface area contributed by atoms with Crippen molar-refractivity contribution in [3.8, 4) is 0 Å². The number of hydrogen-bond acceptors (Lipinski definition) is 7. The highest BCUT2D eigenvalue weighted by molar-refractivity contribution is 5.95. The van der Waals surface area contributed by atoms with Gasteiger partial charge in [-0.25, -0.2) is 4.79 Å². The van der Waals surface area contributed by atoms with Crippen molar-refractivity contribution in [1.29, 1.82) is 0 Å². The van der Waals surface area contributed by atoms with E-state index in [1.165, 1.54) is 19.1 Å². The van der Waals surface area contributed by atoms with E-state index < -0.39 is 29.8 Å². The molecule has 1 rings (SSSR count). The van der Waals surface area contributed by atoms with Gasteiger partial charge in [0.05, 0.1) is 19.7 Å². The van der Waals surface area contributed by atoms with Crippen molar-refractivity contribution < 1.29 is 23.9 Å². The van der Waals surface area contributed by atoms with Crippen molar-refractivity contribution in [3.05, 3.63) is 0 Å². The quantitative estimate of drug-likeness (QED) is 0.502. The Balaban J connectivity index is 3.03. The number of ether oxygens (including phenoxy) is 2. The number of methoxy groups -OCH3 is 2. The molecular weight excluding hydrogens is 304 g/mol. The van der Waals surface area contributed by atoms with E-state index >= 15 is 0 Å². The maximum Gasteiger partial charge on any atom is 0.408 e. The van der Waals surface area contributed by atoms with Crippen LogP contribution in [0.3, 0.4) is 0 Å². The zero-order chi connectivity index (χ0) is 17.6. The Labute approximate surface area is 135 Å². The third-order valence-corrected chi connectivity index (χ3v) is 4.08. The summed E-state index contributed by atoms with van der Waals surface area (Å²) in [5.74, 6) is -0.659. The average Bonchev–Trinajstić information content (AvgIpc) is 3.02. The molecule has 0 aromatic heterocycles. The SMILES string of the molecule is CNCC(=O)[C@@H]1CCCN1C(=O)[C@@](N)(NC(=O)OC)[C@@H](C)OC. The van der Waals surface area contributed by atoms with E-state index in [-0.39, 0.29) is 12.3 Å². The van der Waals surface area contributed by atoms with E-state index in [1.807, 2.05) is 0 Å². The molecule has 3 atom stereocenters. The van der Waals surface area contributed by atoms with E-state index in [9.17, 15) is 14.4 Å². The maximum atomic E-state index is 12.9. The highest BCUT2D eigenvalue weighted by atomic mass is 16.5. The summed E-state index contributed by atoms with van der Waals surface area (Å²) in [6.07, 6.45) is -0.388. The molecule has 1 heterocycles. The number of nitrogens with one attached hydrogen (secondary N) is 2. The van der Waals surface area contributed by atoms with Gasteiger partial charge in [-0.2, -0.15) is 0 Å².